The summed E-state index contributed by atoms with van der Waals surface area (Å²) in [7, 11) is 0. The molecule has 0 radical (unpaired) electrons. The molecule has 3 heteroatoms. The molecule has 0 fully saturated rings. The molecule has 0 bridgehead atoms. The summed E-state index contributed by atoms with van der Waals surface area (Å²) in [6.45, 7) is 10.4. The number of nitrogens with one attached hydrogen (secondary N) is 1. The lowest BCUT2D eigenvalue weighted by Crippen LogP contribution is -2.22. The maximum absolute atomic E-state index is 6.33. The normalized spacial score (nSPS) is 10.6. The number of benzene rings is 1. The average molecular weight is 255 g/mol. The van der Waals surface area contributed by atoms with Gasteiger partial charge in [-0.15, -0.1) is 0 Å². The van der Waals surface area contributed by atoms with Gasteiger partial charge in [0.2, 0.25) is 0 Å². The molecule has 0 saturated carbocycles. The van der Waals surface area contributed by atoms with Gasteiger partial charge in [-0.2, -0.15) is 0 Å². The fourth-order valence-electron chi connectivity index (χ4n) is 1.89. The van der Waals surface area contributed by atoms with Crippen LogP contribution < -0.4 is 10.2 Å². The van der Waals surface area contributed by atoms with E-state index in [1.165, 1.54) is 5.56 Å². The highest BCUT2D eigenvalue weighted by Gasteiger charge is 2.07. The molecule has 0 amide bonds. The zero-order valence-corrected chi connectivity index (χ0v) is 11.8. The van der Waals surface area contributed by atoms with E-state index in [1.54, 1.807) is 0 Å². The zero-order valence-electron chi connectivity index (χ0n) is 11.1. The van der Waals surface area contributed by atoms with Gasteiger partial charge in [0.15, 0.2) is 0 Å². The molecule has 0 atom stereocenters. The molecule has 0 aliphatic heterocycles. The summed E-state index contributed by atoms with van der Waals surface area (Å²) in [5.74, 6) is 0. The minimum atomic E-state index is 0.851. The molecule has 0 aliphatic rings. The van der Waals surface area contributed by atoms with Crippen molar-refractivity contribution < 1.29 is 0 Å². The van der Waals surface area contributed by atoms with Crippen molar-refractivity contribution in [2.45, 2.75) is 33.7 Å². The lowest BCUT2D eigenvalue weighted by Gasteiger charge is -2.22. The van der Waals surface area contributed by atoms with Crippen LogP contribution >= 0.6 is 11.6 Å². The van der Waals surface area contributed by atoms with Crippen molar-refractivity contribution >= 4 is 17.3 Å². The van der Waals surface area contributed by atoms with E-state index >= 15 is 0 Å². The molecule has 0 saturated heterocycles. The standard InChI is InChI=1S/C14H23ClN2/c1-4-9-16-11-12-7-8-14(13(15)10-12)17(5-2)6-3/h7-8,10,16H,4-6,9,11H2,1-3H3. The fraction of sp³-hybridized carbons (Fsp3) is 0.571. The molecular formula is C14H23ClN2. The summed E-state index contributed by atoms with van der Waals surface area (Å²) in [6, 6.07) is 6.35. The Balaban J connectivity index is 2.71. The quantitative estimate of drug-likeness (QED) is 0.747. The minimum Gasteiger partial charge on any atom is -0.371 e. The average Bonchev–Trinajstić information content (AvgIpc) is 2.33. The largest absolute Gasteiger partial charge is 0.371 e. The second-order valence-corrected chi connectivity index (χ2v) is 4.54. The first kappa shape index (κ1) is 14.3. The van der Waals surface area contributed by atoms with Gasteiger partial charge >= 0.3 is 0 Å². The van der Waals surface area contributed by atoms with Gasteiger partial charge in [0.25, 0.3) is 0 Å². The van der Waals surface area contributed by atoms with Crippen LogP contribution in [0, 0.1) is 0 Å². The Labute approximate surface area is 110 Å². The van der Waals surface area contributed by atoms with Gasteiger partial charge in [-0.25, -0.2) is 0 Å². The van der Waals surface area contributed by atoms with E-state index in [-0.39, 0.29) is 0 Å². The van der Waals surface area contributed by atoms with Crippen molar-refractivity contribution in [3.05, 3.63) is 28.8 Å². The van der Waals surface area contributed by atoms with Crippen molar-refractivity contribution in [1.82, 2.24) is 5.32 Å². The Hall–Kier alpha value is -0.730. The summed E-state index contributed by atoms with van der Waals surface area (Å²) >= 11 is 6.33. The van der Waals surface area contributed by atoms with Crippen LogP contribution in [0.15, 0.2) is 18.2 Å². The third-order valence-electron chi connectivity index (χ3n) is 2.87. The number of rotatable bonds is 7. The molecule has 0 unspecified atom stereocenters. The first-order chi connectivity index (χ1) is 8.22. The topological polar surface area (TPSA) is 15.3 Å². The molecule has 0 aliphatic carbocycles. The second-order valence-electron chi connectivity index (χ2n) is 4.13. The van der Waals surface area contributed by atoms with E-state index in [2.05, 4.69) is 49.2 Å². The third-order valence-corrected chi connectivity index (χ3v) is 3.17. The van der Waals surface area contributed by atoms with Gasteiger partial charge in [0, 0.05) is 19.6 Å². The van der Waals surface area contributed by atoms with Gasteiger partial charge in [0.05, 0.1) is 10.7 Å². The Morgan fingerprint density at radius 2 is 1.88 bits per heavy atom. The highest BCUT2D eigenvalue weighted by Crippen LogP contribution is 2.26. The van der Waals surface area contributed by atoms with Crippen molar-refractivity contribution in [2.24, 2.45) is 0 Å². The Bertz CT molecular complexity index is 335. The van der Waals surface area contributed by atoms with Crippen LogP contribution in [0.1, 0.15) is 32.8 Å². The first-order valence-electron chi connectivity index (χ1n) is 6.47. The molecule has 1 rings (SSSR count). The Kier molecular flexibility index (Phi) is 6.38. The van der Waals surface area contributed by atoms with Crippen molar-refractivity contribution in [2.75, 3.05) is 24.5 Å². The maximum Gasteiger partial charge on any atom is 0.0642 e. The smallest absolute Gasteiger partial charge is 0.0642 e. The van der Waals surface area contributed by atoms with Crippen LogP contribution in [0.3, 0.4) is 0 Å². The van der Waals surface area contributed by atoms with E-state index in [9.17, 15) is 0 Å². The Morgan fingerprint density at radius 3 is 2.41 bits per heavy atom. The highest BCUT2D eigenvalue weighted by atomic mass is 35.5. The maximum atomic E-state index is 6.33. The van der Waals surface area contributed by atoms with Crippen LogP contribution in [0.25, 0.3) is 0 Å². The van der Waals surface area contributed by atoms with Crippen LogP contribution in [-0.4, -0.2) is 19.6 Å². The van der Waals surface area contributed by atoms with Gasteiger partial charge in [-0.1, -0.05) is 24.6 Å². The summed E-state index contributed by atoms with van der Waals surface area (Å²) < 4.78 is 0. The Morgan fingerprint density at radius 1 is 1.18 bits per heavy atom. The molecule has 1 aromatic carbocycles. The second kappa shape index (κ2) is 7.57. The molecule has 0 spiro atoms. The first-order valence-corrected chi connectivity index (χ1v) is 6.84. The van der Waals surface area contributed by atoms with Crippen LogP contribution in [0.5, 0.6) is 0 Å². The summed E-state index contributed by atoms with van der Waals surface area (Å²) in [6.07, 6.45) is 1.16. The van der Waals surface area contributed by atoms with Crippen LogP contribution in [0.2, 0.25) is 5.02 Å². The van der Waals surface area contributed by atoms with Crippen molar-refractivity contribution in [3.8, 4) is 0 Å². The zero-order chi connectivity index (χ0) is 12.7. The van der Waals surface area contributed by atoms with E-state index in [0.717, 1.165) is 43.3 Å². The van der Waals surface area contributed by atoms with Gasteiger partial charge < -0.3 is 10.2 Å². The molecule has 2 nitrogen and oxygen atoms in total. The number of hydrogen-bond donors (Lipinski definition) is 1. The van der Waals surface area contributed by atoms with Gasteiger partial charge in [0.1, 0.15) is 0 Å². The number of halogens is 1. The summed E-state index contributed by atoms with van der Waals surface area (Å²) in [5, 5.41) is 4.23. The van der Waals surface area contributed by atoms with E-state index in [0.29, 0.717) is 0 Å². The molecule has 1 N–H and O–H groups in total. The van der Waals surface area contributed by atoms with Crippen LogP contribution in [0.4, 0.5) is 5.69 Å². The highest BCUT2D eigenvalue weighted by molar-refractivity contribution is 6.33. The summed E-state index contributed by atoms with van der Waals surface area (Å²) in [5.41, 5.74) is 2.38. The lowest BCUT2D eigenvalue weighted by molar-refractivity contribution is 0.675. The molecular weight excluding hydrogens is 232 g/mol. The minimum absolute atomic E-state index is 0.851. The van der Waals surface area contributed by atoms with Crippen LogP contribution in [-0.2, 0) is 6.54 Å². The molecule has 0 heterocycles. The monoisotopic (exact) mass is 254 g/mol. The number of nitrogens with zero attached hydrogens (tertiary/aromatic N) is 1. The molecule has 17 heavy (non-hydrogen) atoms. The lowest BCUT2D eigenvalue weighted by atomic mass is 10.2. The number of anilines is 1. The van der Waals surface area contributed by atoms with E-state index in [4.69, 9.17) is 11.6 Å². The predicted octanol–water partition coefficient (Wildman–Crippen LogP) is 3.69. The van der Waals surface area contributed by atoms with Crippen molar-refractivity contribution in [1.29, 1.82) is 0 Å². The van der Waals surface area contributed by atoms with E-state index in [1.807, 2.05) is 0 Å². The SMILES string of the molecule is CCCNCc1ccc(N(CC)CC)c(Cl)c1. The third kappa shape index (κ3) is 4.21. The molecule has 1 aromatic rings. The van der Waals surface area contributed by atoms with Crippen molar-refractivity contribution in [3.63, 3.8) is 0 Å². The van der Waals surface area contributed by atoms with E-state index < -0.39 is 0 Å². The number of hydrogen-bond acceptors (Lipinski definition) is 2. The summed E-state index contributed by atoms with van der Waals surface area (Å²) in [4.78, 5) is 2.27. The molecule has 0 aromatic heterocycles. The fourth-order valence-corrected chi connectivity index (χ4v) is 2.21. The predicted molar refractivity (Wildman–Crippen MR) is 77.0 cm³/mol. The molecule has 96 valence electrons. The van der Waals surface area contributed by atoms with Gasteiger partial charge in [-0.05, 0) is 44.5 Å². The van der Waals surface area contributed by atoms with Gasteiger partial charge in [-0.3, -0.25) is 0 Å².